The van der Waals surface area contributed by atoms with Crippen LogP contribution < -0.4 is 0 Å². The molecule has 2 heterocycles. The van der Waals surface area contributed by atoms with Crippen LogP contribution in [0.5, 0.6) is 0 Å². The van der Waals surface area contributed by atoms with Gasteiger partial charge >= 0.3 is 0 Å². The summed E-state index contributed by atoms with van der Waals surface area (Å²) in [6, 6.07) is 78.3. The highest BCUT2D eigenvalue weighted by atomic mass is 14.7. The zero-order valence-electron chi connectivity index (χ0n) is 31.7. The number of fused-ring (bicyclic) bond motifs is 5. The smallest absolute Gasteiger partial charge is 0.0716 e. The van der Waals surface area contributed by atoms with Crippen molar-refractivity contribution in [2.75, 3.05) is 0 Å². The molecule has 0 N–H and O–H groups in total. The van der Waals surface area contributed by atoms with Crippen LogP contribution in [0.2, 0.25) is 0 Å². The molecule has 0 spiro atoms. The van der Waals surface area contributed by atoms with Gasteiger partial charge in [0.05, 0.1) is 22.6 Å². The van der Waals surface area contributed by atoms with E-state index >= 15 is 0 Å². The van der Waals surface area contributed by atoms with Crippen LogP contribution in [0.15, 0.2) is 218 Å². The van der Waals surface area contributed by atoms with E-state index in [9.17, 15) is 0 Å². The monoisotopic (exact) mass is 736 g/mol. The molecule has 0 saturated carbocycles. The predicted molar refractivity (Wildman–Crippen MR) is 245 cm³/mol. The van der Waals surface area contributed by atoms with Gasteiger partial charge in [0.1, 0.15) is 0 Å². The van der Waals surface area contributed by atoms with E-state index in [-0.39, 0.29) is 0 Å². The summed E-state index contributed by atoms with van der Waals surface area (Å²) in [7, 11) is 0. The number of aromatic nitrogens is 2. The van der Waals surface area contributed by atoms with Crippen LogP contribution in [0, 0.1) is 0 Å². The van der Waals surface area contributed by atoms with Crippen LogP contribution in [0.4, 0.5) is 0 Å². The third-order valence-corrected chi connectivity index (χ3v) is 11.4. The molecule has 2 heteroatoms. The molecule has 0 saturated heterocycles. The van der Waals surface area contributed by atoms with Crippen molar-refractivity contribution in [3.63, 3.8) is 0 Å². The molecule has 0 bridgehead atoms. The fourth-order valence-electron chi connectivity index (χ4n) is 8.50. The average Bonchev–Trinajstić information content (AvgIpc) is 3.31. The highest BCUT2D eigenvalue weighted by Crippen LogP contribution is 2.40. The highest BCUT2D eigenvalue weighted by molar-refractivity contribution is 6.14. The molecule has 58 heavy (non-hydrogen) atoms. The van der Waals surface area contributed by atoms with Crippen LogP contribution >= 0.6 is 0 Å². The molecule has 11 aromatic rings. The predicted octanol–water partition coefficient (Wildman–Crippen LogP) is 15.1. The van der Waals surface area contributed by atoms with Crippen molar-refractivity contribution in [3.8, 4) is 67.2 Å². The fraction of sp³-hybridized carbons (Fsp3) is 0. The van der Waals surface area contributed by atoms with E-state index in [2.05, 4.69) is 212 Å². The Morgan fingerprint density at radius 3 is 1.59 bits per heavy atom. The van der Waals surface area contributed by atoms with Crippen LogP contribution in [0.1, 0.15) is 0 Å². The van der Waals surface area contributed by atoms with Crippen LogP contribution in [-0.2, 0) is 0 Å². The van der Waals surface area contributed by atoms with Gasteiger partial charge in [-0.3, -0.25) is 0 Å². The second kappa shape index (κ2) is 14.1. The molecule has 0 atom stereocenters. The maximum Gasteiger partial charge on any atom is 0.0716 e. The molecule has 0 aliphatic rings. The summed E-state index contributed by atoms with van der Waals surface area (Å²) in [5, 5.41) is 8.51. The zero-order valence-corrected chi connectivity index (χ0v) is 31.7. The number of benzene rings is 9. The van der Waals surface area contributed by atoms with E-state index in [1.54, 1.807) is 0 Å². The molecule has 2 nitrogen and oxygen atoms in total. The first-order chi connectivity index (χ1) is 28.7. The lowest BCUT2D eigenvalue weighted by Gasteiger charge is -2.15. The minimum absolute atomic E-state index is 0.929. The Labute approximate surface area is 337 Å². The molecular weight excluding hydrogens is 701 g/mol. The normalized spacial score (nSPS) is 11.4. The lowest BCUT2D eigenvalue weighted by Crippen LogP contribution is -1.93. The topological polar surface area (TPSA) is 25.8 Å². The molecule has 9 aromatic carbocycles. The van der Waals surface area contributed by atoms with E-state index in [4.69, 9.17) is 9.97 Å². The summed E-state index contributed by atoms with van der Waals surface area (Å²) in [4.78, 5) is 10.6. The lowest BCUT2D eigenvalue weighted by atomic mass is 9.90. The van der Waals surface area contributed by atoms with Gasteiger partial charge in [-0.05, 0) is 114 Å². The van der Waals surface area contributed by atoms with Gasteiger partial charge in [-0.1, -0.05) is 170 Å². The van der Waals surface area contributed by atoms with Crippen molar-refractivity contribution in [2.24, 2.45) is 0 Å². The first-order valence-electron chi connectivity index (χ1n) is 19.8. The number of nitrogens with zero attached hydrogens (tertiary/aromatic N) is 2. The number of rotatable bonds is 6. The molecule has 0 fully saturated rings. The summed E-state index contributed by atoms with van der Waals surface area (Å²) in [5.41, 5.74) is 13.9. The van der Waals surface area contributed by atoms with Crippen LogP contribution in [-0.4, -0.2) is 9.97 Å². The van der Waals surface area contributed by atoms with Crippen molar-refractivity contribution in [2.45, 2.75) is 0 Å². The largest absolute Gasteiger partial charge is 0.248 e. The van der Waals surface area contributed by atoms with E-state index in [1.165, 1.54) is 37.9 Å². The van der Waals surface area contributed by atoms with Gasteiger partial charge < -0.3 is 0 Å². The minimum atomic E-state index is 0.929. The van der Waals surface area contributed by atoms with Crippen LogP contribution in [0.25, 0.3) is 110 Å². The third kappa shape index (κ3) is 6.09. The fourth-order valence-corrected chi connectivity index (χ4v) is 8.50. The number of hydrogen-bond acceptors (Lipinski definition) is 2. The summed E-state index contributed by atoms with van der Waals surface area (Å²) in [6.45, 7) is 0. The van der Waals surface area contributed by atoms with E-state index in [1.807, 2.05) is 6.07 Å². The molecule has 0 unspecified atom stereocenters. The number of pyridine rings is 2. The van der Waals surface area contributed by atoms with E-state index in [0.29, 0.717) is 0 Å². The van der Waals surface area contributed by atoms with Gasteiger partial charge in [-0.2, -0.15) is 0 Å². The Hall–Kier alpha value is -7.68. The quantitative estimate of drug-likeness (QED) is 0.159. The summed E-state index contributed by atoms with van der Waals surface area (Å²) < 4.78 is 0. The number of hydrogen-bond donors (Lipinski definition) is 0. The van der Waals surface area contributed by atoms with E-state index in [0.717, 1.165) is 72.5 Å². The molecule has 270 valence electrons. The minimum Gasteiger partial charge on any atom is -0.248 e. The van der Waals surface area contributed by atoms with Crippen molar-refractivity contribution in [1.29, 1.82) is 0 Å². The summed E-state index contributed by atoms with van der Waals surface area (Å²) in [6.07, 6.45) is 0. The average molecular weight is 737 g/mol. The second-order valence-corrected chi connectivity index (χ2v) is 15.0. The van der Waals surface area contributed by atoms with Gasteiger partial charge in [0.25, 0.3) is 0 Å². The summed E-state index contributed by atoms with van der Waals surface area (Å²) >= 11 is 0. The second-order valence-electron chi connectivity index (χ2n) is 15.0. The first-order valence-corrected chi connectivity index (χ1v) is 19.8. The van der Waals surface area contributed by atoms with E-state index < -0.39 is 0 Å². The lowest BCUT2D eigenvalue weighted by molar-refractivity contribution is 1.32. The van der Waals surface area contributed by atoms with Crippen molar-refractivity contribution >= 4 is 43.2 Å². The Kier molecular flexibility index (Phi) is 8.19. The summed E-state index contributed by atoms with van der Waals surface area (Å²) in [5.74, 6) is 0. The molecule has 11 rings (SSSR count). The van der Waals surface area contributed by atoms with Gasteiger partial charge in [0.15, 0.2) is 0 Å². The SMILES string of the molecule is c1ccc(-c2cc(-c3ccccc3)nc(-c3cccc(-c4cc(-c5ccc6ccccc6c5)nc5ccc(-c6cc7ccccc7c7ccccc67)cc45)c3)c2)cc1. The Bertz CT molecular complexity index is 3270. The van der Waals surface area contributed by atoms with Crippen LogP contribution in [0.3, 0.4) is 0 Å². The maximum absolute atomic E-state index is 5.34. The molecule has 0 aliphatic carbocycles. The Morgan fingerprint density at radius 2 is 0.776 bits per heavy atom. The highest BCUT2D eigenvalue weighted by Gasteiger charge is 2.16. The van der Waals surface area contributed by atoms with Crippen molar-refractivity contribution in [3.05, 3.63) is 218 Å². The Balaban J connectivity index is 1.13. The van der Waals surface area contributed by atoms with Gasteiger partial charge in [-0.25, -0.2) is 9.97 Å². The molecule has 0 amide bonds. The maximum atomic E-state index is 5.34. The van der Waals surface area contributed by atoms with Crippen molar-refractivity contribution in [1.82, 2.24) is 9.97 Å². The molecule has 2 aromatic heterocycles. The molecule has 0 aliphatic heterocycles. The van der Waals surface area contributed by atoms with Gasteiger partial charge in [-0.15, -0.1) is 0 Å². The molecular formula is C56H36N2. The van der Waals surface area contributed by atoms with Gasteiger partial charge in [0, 0.05) is 22.1 Å². The van der Waals surface area contributed by atoms with Gasteiger partial charge in [0.2, 0.25) is 0 Å². The first kappa shape index (κ1) is 33.6. The van der Waals surface area contributed by atoms with Crippen molar-refractivity contribution < 1.29 is 0 Å². The standard InChI is InChI=1S/C56H36N2/c1-3-14-37(15-4-1)46-34-54(39-17-5-2-6-18-39)58-55(35-46)44-22-13-21-41(31-44)51-36-56(45-27-26-38-16-7-8-19-40(38)30-45)57-53-29-28-43(33-52(51)53)50-32-42-20-9-10-23-47(42)48-24-11-12-25-49(48)50/h1-36H. The third-order valence-electron chi connectivity index (χ3n) is 11.4. The molecule has 0 radical (unpaired) electrons. The zero-order chi connectivity index (χ0) is 38.4. The Morgan fingerprint density at radius 1 is 0.224 bits per heavy atom.